The van der Waals surface area contributed by atoms with Gasteiger partial charge in [0.05, 0.1) is 23.4 Å². The van der Waals surface area contributed by atoms with E-state index < -0.39 is 0 Å². The Morgan fingerprint density at radius 2 is 2.35 bits per heavy atom. The molecule has 1 saturated heterocycles. The molecule has 1 fully saturated rings. The van der Waals surface area contributed by atoms with E-state index in [4.69, 9.17) is 4.74 Å². The summed E-state index contributed by atoms with van der Waals surface area (Å²) in [4.78, 5) is 8.25. The van der Waals surface area contributed by atoms with Gasteiger partial charge in [0, 0.05) is 24.0 Å². The minimum absolute atomic E-state index is 0.00471. The van der Waals surface area contributed by atoms with Gasteiger partial charge in [-0.2, -0.15) is 0 Å². The Hall–Kier alpha value is -0.450. The first-order valence-corrected chi connectivity index (χ1v) is 7.13. The summed E-state index contributed by atoms with van der Waals surface area (Å²) in [5.41, 5.74) is 3.13. The lowest BCUT2D eigenvalue weighted by Crippen LogP contribution is -2.53. The van der Waals surface area contributed by atoms with Gasteiger partial charge in [-0.25, -0.2) is 4.98 Å². The minimum Gasteiger partial charge on any atom is -0.373 e. The first kappa shape index (κ1) is 13.0. The monoisotopic (exact) mass is 254 g/mol. The van der Waals surface area contributed by atoms with E-state index in [2.05, 4.69) is 37.6 Å². The molecule has 1 aliphatic heterocycles. The van der Waals surface area contributed by atoms with Gasteiger partial charge in [-0.1, -0.05) is 0 Å². The second-order valence-corrected chi connectivity index (χ2v) is 6.44. The fourth-order valence-corrected chi connectivity index (χ4v) is 3.02. The maximum absolute atomic E-state index is 5.82. The maximum atomic E-state index is 5.82. The summed E-state index contributed by atoms with van der Waals surface area (Å²) in [6, 6.07) is 0.524. The van der Waals surface area contributed by atoms with Crippen molar-refractivity contribution in [2.75, 3.05) is 19.7 Å². The van der Waals surface area contributed by atoms with Crippen LogP contribution in [0.4, 0.5) is 0 Å². The van der Waals surface area contributed by atoms with Crippen molar-refractivity contribution in [1.82, 2.24) is 9.88 Å². The average molecular weight is 254 g/mol. The summed E-state index contributed by atoms with van der Waals surface area (Å²) >= 11 is 1.77. The van der Waals surface area contributed by atoms with Crippen molar-refractivity contribution >= 4 is 11.3 Å². The average Bonchev–Trinajstić information content (AvgIpc) is 2.66. The quantitative estimate of drug-likeness (QED) is 0.828. The van der Waals surface area contributed by atoms with E-state index in [0.717, 1.165) is 26.1 Å². The molecule has 1 atom stereocenters. The van der Waals surface area contributed by atoms with E-state index in [1.165, 1.54) is 10.6 Å². The van der Waals surface area contributed by atoms with Crippen molar-refractivity contribution in [1.29, 1.82) is 0 Å². The molecule has 0 bridgehead atoms. The zero-order valence-electron chi connectivity index (χ0n) is 11.2. The normalized spacial score (nSPS) is 25.1. The number of aryl methyl sites for hydroxylation is 1. The van der Waals surface area contributed by atoms with Crippen LogP contribution in [0, 0.1) is 6.92 Å². The Kier molecular flexibility index (Phi) is 3.85. The van der Waals surface area contributed by atoms with E-state index >= 15 is 0 Å². The highest BCUT2D eigenvalue weighted by Gasteiger charge is 2.31. The Labute approximate surface area is 108 Å². The fraction of sp³-hybridized carbons (Fsp3) is 0.769. The standard InChI is InChI=1S/C13H22N2OS/c1-10-7-16-13(3,4)8-15(10)6-5-12-11(2)14-9-17-12/h9-10H,5-8H2,1-4H3/t10-/m0/s1. The number of aromatic nitrogens is 1. The summed E-state index contributed by atoms with van der Waals surface area (Å²) in [5.74, 6) is 0. The summed E-state index contributed by atoms with van der Waals surface area (Å²) in [7, 11) is 0. The Morgan fingerprint density at radius 1 is 1.59 bits per heavy atom. The third kappa shape index (κ3) is 3.27. The van der Waals surface area contributed by atoms with Gasteiger partial charge in [-0.3, -0.25) is 4.90 Å². The number of ether oxygens (including phenoxy) is 1. The summed E-state index contributed by atoms with van der Waals surface area (Å²) in [6.07, 6.45) is 1.11. The zero-order chi connectivity index (χ0) is 12.5. The van der Waals surface area contributed by atoms with E-state index in [0.29, 0.717) is 6.04 Å². The molecular weight excluding hydrogens is 232 g/mol. The van der Waals surface area contributed by atoms with Crippen molar-refractivity contribution < 1.29 is 4.74 Å². The van der Waals surface area contributed by atoms with Crippen LogP contribution in [-0.4, -0.2) is 41.2 Å². The number of thiazole rings is 1. The van der Waals surface area contributed by atoms with Gasteiger partial charge < -0.3 is 4.74 Å². The molecule has 0 aliphatic carbocycles. The van der Waals surface area contributed by atoms with Crippen molar-refractivity contribution in [3.8, 4) is 0 Å². The van der Waals surface area contributed by atoms with Gasteiger partial charge in [-0.05, 0) is 34.1 Å². The molecule has 2 rings (SSSR count). The van der Waals surface area contributed by atoms with Crippen molar-refractivity contribution in [2.45, 2.75) is 45.8 Å². The first-order chi connectivity index (χ1) is 7.98. The van der Waals surface area contributed by atoms with Crippen molar-refractivity contribution in [3.05, 3.63) is 16.1 Å². The molecule has 1 aromatic rings. The van der Waals surface area contributed by atoms with Crippen LogP contribution >= 0.6 is 11.3 Å². The van der Waals surface area contributed by atoms with Gasteiger partial charge in [0.15, 0.2) is 0 Å². The summed E-state index contributed by atoms with van der Waals surface area (Å²) < 4.78 is 5.82. The first-order valence-electron chi connectivity index (χ1n) is 6.25. The SMILES string of the molecule is Cc1ncsc1CCN1CC(C)(C)OC[C@@H]1C. The van der Waals surface area contributed by atoms with E-state index in [1.54, 1.807) is 11.3 Å². The molecule has 0 spiro atoms. The highest BCUT2D eigenvalue weighted by atomic mass is 32.1. The second kappa shape index (κ2) is 5.04. The molecule has 3 nitrogen and oxygen atoms in total. The van der Waals surface area contributed by atoms with Crippen LogP contribution in [0.25, 0.3) is 0 Å². The molecule has 0 amide bonds. The maximum Gasteiger partial charge on any atom is 0.0797 e. The Morgan fingerprint density at radius 3 is 3.00 bits per heavy atom. The van der Waals surface area contributed by atoms with Gasteiger partial charge in [0.25, 0.3) is 0 Å². The molecular formula is C13H22N2OS. The number of nitrogens with zero attached hydrogens (tertiary/aromatic N) is 2. The van der Waals surface area contributed by atoms with Crippen molar-refractivity contribution in [3.63, 3.8) is 0 Å². The molecule has 17 heavy (non-hydrogen) atoms. The highest BCUT2D eigenvalue weighted by molar-refractivity contribution is 7.09. The molecule has 96 valence electrons. The minimum atomic E-state index is -0.00471. The molecule has 1 aliphatic rings. The van der Waals surface area contributed by atoms with Gasteiger partial charge >= 0.3 is 0 Å². The van der Waals surface area contributed by atoms with Crippen LogP contribution in [0.15, 0.2) is 5.51 Å². The fourth-order valence-electron chi connectivity index (χ4n) is 2.25. The molecule has 0 N–H and O–H groups in total. The molecule has 1 aromatic heterocycles. The van der Waals surface area contributed by atoms with Crippen LogP contribution in [0.3, 0.4) is 0 Å². The Balaban J connectivity index is 1.91. The lowest BCUT2D eigenvalue weighted by atomic mass is 10.0. The van der Waals surface area contributed by atoms with Gasteiger partial charge in [0.1, 0.15) is 0 Å². The number of morpholine rings is 1. The smallest absolute Gasteiger partial charge is 0.0797 e. The lowest BCUT2D eigenvalue weighted by molar-refractivity contribution is -0.109. The van der Waals surface area contributed by atoms with E-state index in [9.17, 15) is 0 Å². The molecule has 0 aromatic carbocycles. The second-order valence-electron chi connectivity index (χ2n) is 5.50. The topological polar surface area (TPSA) is 25.4 Å². The Bertz CT molecular complexity index is 375. The molecule has 4 heteroatoms. The van der Waals surface area contributed by atoms with E-state index in [-0.39, 0.29) is 5.60 Å². The highest BCUT2D eigenvalue weighted by Crippen LogP contribution is 2.21. The van der Waals surface area contributed by atoms with Gasteiger partial charge in [-0.15, -0.1) is 11.3 Å². The largest absolute Gasteiger partial charge is 0.373 e. The predicted molar refractivity (Wildman–Crippen MR) is 71.6 cm³/mol. The molecule has 2 heterocycles. The van der Waals surface area contributed by atoms with Crippen LogP contribution < -0.4 is 0 Å². The van der Waals surface area contributed by atoms with Crippen LogP contribution in [-0.2, 0) is 11.2 Å². The van der Waals surface area contributed by atoms with Gasteiger partial charge in [0.2, 0.25) is 0 Å². The lowest BCUT2D eigenvalue weighted by Gasteiger charge is -2.42. The van der Waals surface area contributed by atoms with Crippen LogP contribution in [0.1, 0.15) is 31.3 Å². The summed E-state index contributed by atoms with van der Waals surface area (Å²) in [6.45, 7) is 11.7. The molecule has 0 radical (unpaired) electrons. The van der Waals surface area contributed by atoms with Crippen LogP contribution in [0.2, 0.25) is 0 Å². The van der Waals surface area contributed by atoms with Crippen LogP contribution in [0.5, 0.6) is 0 Å². The third-order valence-corrected chi connectivity index (χ3v) is 4.39. The third-order valence-electron chi connectivity index (χ3n) is 3.39. The summed E-state index contributed by atoms with van der Waals surface area (Å²) in [5, 5.41) is 0. The van der Waals surface area contributed by atoms with Crippen molar-refractivity contribution in [2.24, 2.45) is 0 Å². The number of hydrogen-bond acceptors (Lipinski definition) is 4. The molecule has 0 saturated carbocycles. The predicted octanol–water partition coefficient (Wildman–Crippen LogP) is 2.49. The molecule has 0 unspecified atom stereocenters. The zero-order valence-corrected chi connectivity index (χ0v) is 12.0. The number of rotatable bonds is 3. The number of hydrogen-bond donors (Lipinski definition) is 0. The van der Waals surface area contributed by atoms with E-state index in [1.807, 2.05) is 5.51 Å².